The summed E-state index contributed by atoms with van der Waals surface area (Å²) in [6, 6.07) is 2.43. The fraction of sp³-hybridized carbons (Fsp3) is 0.625. The van der Waals surface area contributed by atoms with Crippen molar-refractivity contribution >= 4 is 15.9 Å². The van der Waals surface area contributed by atoms with Gasteiger partial charge >= 0.3 is 0 Å². The molecule has 19 heavy (non-hydrogen) atoms. The van der Waals surface area contributed by atoms with Gasteiger partial charge in [-0.15, -0.1) is 0 Å². The van der Waals surface area contributed by atoms with Crippen LogP contribution in [0.2, 0.25) is 0 Å². The Kier molecular flexibility index (Phi) is 4.13. The van der Waals surface area contributed by atoms with Crippen molar-refractivity contribution in [1.29, 1.82) is 0 Å². The maximum absolute atomic E-state index is 5.72. The minimum absolute atomic E-state index is 0.611. The highest BCUT2D eigenvalue weighted by Crippen LogP contribution is 2.42. The number of fused-ring (bicyclic) bond motifs is 1. The molecule has 1 aromatic rings. The van der Waals surface area contributed by atoms with Crippen LogP contribution in [-0.2, 0) is 12.8 Å². The molecule has 1 atom stereocenters. The van der Waals surface area contributed by atoms with Crippen LogP contribution in [0.3, 0.4) is 0 Å². The van der Waals surface area contributed by atoms with E-state index < -0.39 is 0 Å². The number of methoxy groups -OCH3 is 1. The van der Waals surface area contributed by atoms with Gasteiger partial charge in [0.25, 0.3) is 0 Å². The summed E-state index contributed by atoms with van der Waals surface area (Å²) in [5.41, 5.74) is 4.44. The summed E-state index contributed by atoms with van der Waals surface area (Å²) in [6.07, 6.45) is 7.62. The Morgan fingerprint density at radius 3 is 2.84 bits per heavy atom. The van der Waals surface area contributed by atoms with Crippen LogP contribution >= 0.6 is 15.9 Å². The summed E-state index contributed by atoms with van der Waals surface area (Å²) < 4.78 is 6.94. The summed E-state index contributed by atoms with van der Waals surface area (Å²) in [5.74, 6) is 1.69. The van der Waals surface area contributed by atoms with Gasteiger partial charge in [-0.3, -0.25) is 0 Å². The van der Waals surface area contributed by atoms with E-state index in [0.717, 1.165) is 18.8 Å². The first-order chi connectivity index (χ1) is 9.31. The van der Waals surface area contributed by atoms with Crippen LogP contribution in [0.4, 0.5) is 0 Å². The maximum atomic E-state index is 5.72. The Balaban J connectivity index is 2.08. The molecule has 0 saturated carbocycles. The highest BCUT2D eigenvalue weighted by Gasteiger charge is 2.25. The topological polar surface area (TPSA) is 21.3 Å². The molecule has 1 saturated heterocycles. The van der Waals surface area contributed by atoms with Gasteiger partial charge in [-0.2, -0.15) is 0 Å². The first-order valence-electron chi connectivity index (χ1n) is 7.40. The van der Waals surface area contributed by atoms with Crippen LogP contribution in [0.1, 0.15) is 48.3 Å². The standard InChI is InChI=1S/C16H22BrNO/c1-19-16-14(12-7-8-18-10-12)9-11-5-3-2-4-6-13(11)15(16)17/h9,12,18H,2-8,10H2,1H3. The Morgan fingerprint density at radius 1 is 1.26 bits per heavy atom. The number of hydrogen-bond acceptors (Lipinski definition) is 2. The third-order valence-corrected chi connectivity index (χ3v) is 5.36. The molecule has 104 valence electrons. The Labute approximate surface area is 124 Å². The average Bonchev–Trinajstić information content (AvgIpc) is 2.84. The molecule has 0 spiro atoms. The van der Waals surface area contributed by atoms with Crippen LogP contribution in [0.25, 0.3) is 0 Å². The smallest absolute Gasteiger partial charge is 0.136 e. The van der Waals surface area contributed by atoms with E-state index in [0.29, 0.717) is 5.92 Å². The van der Waals surface area contributed by atoms with Gasteiger partial charge in [0.2, 0.25) is 0 Å². The average molecular weight is 324 g/mol. The number of ether oxygens (including phenoxy) is 1. The largest absolute Gasteiger partial charge is 0.495 e. The van der Waals surface area contributed by atoms with Crippen molar-refractivity contribution in [2.75, 3.05) is 20.2 Å². The summed E-state index contributed by atoms with van der Waals surface area (Å²) in [4.78, 5) is 0. The lowest BCUT2D eigenvalue weighted by molar-refractivity contribution is 0.402. The van der Waals surface area contributed by atoms with Crippen molar-refractivity contribution in [3.63, 3.8) is 0 Å². The molecule has 0 bridgehead atoms. The van der Waals surface area contributed by atoms with Crippen molar-refractivity contribution in [2.24, 2.45) is 0 Å². The highest BCUT2D eigenvalue weighted by molar-refractivity contribution is 9.10. The van der Waals surface area contributed by atoms with Gasteiger partial charge in [0, 0.05) is 12.5 Å². The van der Waals surface area contributed by atoms with Crippen LogP contribution in [0.15, 0.2) is 10.5 Å². The molecule has 0 amide bonds. The molecule has 1 N–H and O–H groups in total. The van der Waals surface area contributed by atoms with Crippen LogP contribution < -0.4 is 10.1 Å². The number of rotatable bonds is 2. The zero-order valence-corrected chi connectivity index (χ0v) is 13.2. The lowest BCUT2D eigenvalue weighted by atomic mass is 9.91. The van der Waals surface area contributed by atoms with Crippen molar-refractivity contribution in [2.45, 2.75) is 44.4 Å². The van der Waals surface area contributed by atoms with Crippen molar-refractivity contribution in [1.82, 2.24) is 5.32 Å². The van der Waals surface area contributed by atoms with E-state index in [2.05, 4.69) is 27.3 Å². The second-order valence-corrected chi connectivity index (χ2v) is 6.49. The normalized spacial score (nSPS) is 22.9. The van der Waals surface area contributed by atoms with E-state index in [4.69, 9.17) is 4.74 Å². The minimum Gasteiger partial charge on any atom is -0.495 e. The number of halogens is 1. The highest BCUT2D eigenvalue weighted by atomic mass is 79.9. The molecule has 1 aliphatic heterocycles. The predicted octanol–water partition coefficient (Wildman–Crippen LogP) is 3.80. The predicted molar refractivity (Wildman–Crippen MR) is 82.2 cm³/mol. The molecule has 1 aliphatic carbocycles. The Morgan fingerprint density at radius 2 is 2.11 bits per heavy atom. The zero-order valence-electron chi connectivity index (χ0n) is 11.6. The minimum atomic E-state index is 0.611. The van der Waals surface area contributed by atoms with E-state index in [-0.39, 0.29) is 0 Å². The van der Waals surface area contributed by atoms with Crippen molar-refractivity contribution in [3.8, 4) is 5.75 Å². The number of nitrogens with one attached hydrogen (secondary N) is 1. The fourth-order valence-electron chi connectivity index (χ4n) is 3.46. The third-order valence-electron chi connectivity index (χ3n) is 4.52. The Bertz CT molecular complexity index is 466. The molecule has 0 radical (unpaired) electrons. The van der Waals surface area contributed by atoms with Crippen molar-refractivity contribution < 1.29 is 4.74 Å². The SMILES string of the molecule is COc1c(C2CCNC2)cc2c(c1Br)CCCCC2. The van der Waals surface area contributed by atoms with E-state index in [9.17, 15) is 0 Å². The van der Waals surface area contributed by atoms with Gasteiger partial charge in [0.05, 0.1) is 11.6 Å². The van der Waals surface area contributed by atoms with E-state index in [1.807, 2.05) is 0 Å². The van der Waals surface area contributed by atoms with Crippen molar-refractivity contribution in [3.05, 3.63) is 27.2 Å². The lowest BCUT2D eigenvalue weighted by Gasteiger charge is -2.20. The lowest BCUT2D eigenvalue weighted by Crippen LogP contribution is -2.10. The second kappa shape index (κ2) is 5.84. The molecular formula is C16H22BrNO. The first kappa shape index (κ1) is 13.4. The van der Waals surface area contributed by atoms with Crippen LogP contribution in [0, 0.1) is 0 Å². The molecule has 1 heterocycles. The van der Waals surface area contributed by atoms with E-state index >= 15 is 0 Å². The van der Waals surface area contributed by atoms with Gasteiger partial charge in [0.15, 0.2) is 0 Å². The monoisotopic (exact) mass is 323 g/mol. The quantitative estimate of drug-likeness (QED) is 0.836. The zero-order chi connectivity index (χ0) is 13.2. The Hall–Kier alpha value is -0.540. The number of hydrogen-bond donors (Lipinski definition) is 1. The summed E-state index contributed by atoms with van der Waals surface area (Å²) in [6.45, 7) is 2.21. The number of aryl methyl sites for hydroxylation is 1. The van der Waals surface area contributed by atoms with Crippen LogP contribution in [-0.4, -0.2) is 20.2 Å². The molecule has 2 aliphatic rings. The van der Waals surface area contributed by atoms with E-state index in [1.54, 1.807) is 12.7 Å². The van der Waals surface area contributed by atoms with Gasteiger partial charge in [-0.1, -0.05) is 12.5 Å². The summed E-state index contributed by atoms with van der Waals surface area (Å²) in [7, 11) is 1.80. The van der Waals surface area contributed by atoms with Gasteiger partial charge < -0.3 is 10.1 Å². The number of benzene rings is 1. The molecule has 2 nitrogen and oxygen atoms in total. The molecule has 3 rings (SSSR count). The molecule has 1 unspecified atom stereocenters. The fourth-order valence-corrected chi connectivity index (χ4v) is 4.31. The summed E-state index contributed by atoms with van der Waals surface area (Å²) in [5, 5.41) is 3.46. The first-order valence-corrected chi connectivity index (χ1v) is 8.19. The molecular weight excluding hydrogens is 302 g/mol. The molecule has 0 aromatic heterocycles. The molecule has 3 heteroatoms. The molecule has 1 fully saturated rings. The van der Waals surface area contributed by atoms with E-state index in [1.165, 1.54) is 54.1 Å². The van der Waals surface area contributed by atoms with Gasteiger partial charge in [-0.25, -0.2) is 0 Å². The summed E-state index contributed by atoms with van der Waals surface area (Å²) >= 11 is 3.81. The second-order valence-electron chi connectivity index (χ2n) is 5.70. The van der Waals surface area contributed by atoms with Crippen LogP contribution in [0.5, 0.6) is 5.75 Å². The van der Waals surface area contributed by atoms with Gasteiger partial charge in [-0.05, 0) is 71.3 Å². The van der Waals surface area contributed by atoms with Gasteiger partial charge in [0.1, 0.15) is 5.75 Å². The third kappa shape index (κ3) is 2.55. The maximum Gasteiger partial charge on any atom is 0.136 e. The molecule has 1 aromatic carbocycles.